The number of aromatic amines is 1. The molecule has 1 heterocycles. The van der Waals surface area contributed by atoms with Crippen LogP contribution in [-0.2, 0) is 10.0 Å². The maximum atomic E-state index is 12.5. The van der Waals surface area contributed by atoms with Crippen LogP contribution in [0.2, 0.25) is 0 Å². The number of aryl methyl sites for hydroxylation is 3. The van der Waals surface area contributed by atoms with E-state index in [1.807, 2.05) is 43.3 Å². The fourth-order valence-electron chi connectivity index (χ4n) is 2.65. The van der Waals surface area contributed by atoms with Gasteiger partial charge in [0.2, 0.25) is 0 Å². The van der Waals surface area contributed by atoms with E-state index >= 15 is 0 Å². The summed E-state index contributed by atoms with van der Waals surface area (Å²) in [6.45, 7) is 5.37. The predicted octanol–water partition coefficient (Wildman–Crippen LogP) is 3.88. The van der Waals surface area contributed by atoms with Crippen molar-refractivity contribution < 1.29 is 8.42 Å². The number of H-pyrrole nitrogens is 1. The van der Waals surface area contributed by atoms with Gasteiger partial charge >= 0.3 is 0 Å². The molecule has 0 saturated heterocycles. The molecule has 0 saturated carbocycles. The lowest BCUT2D eigenvalue weighted by Crippen LogP contribution is -2.14. The minimum Gasteiger partial charge on any atom is -0.356 e. The molecule has 0 atom stereocenters. The quantitative estimate of drug-likeness (QED) is 0.647. The van der Waals surface area contributed by atoms with E-state index in [9.17, 15) is 8.42 Å². The summed E-state index contributed by atoms with van der Waals surface area (Å²) < 4.78 is 27.6. The van der Waals surface area contributed by atoms with Gasteiger partial charge in [0, 0.05) is 17.1 Å². The van der Waals surface area contributed by atoms with Crippen LogP contribution in [0.4, 0.5) is 17.1 Å². The van der Waals surface area contributed by atoms with Crippen molar-refractivity contribution in [2.75, 3.05) is 10.0 Å². The monoisotopic (exact) mass is 356 g/mol. The summed E-state index contributed by atoms with van der Waals surface area (Å²) in [5.74, 6) is 0. The third-order valence-corrected chi connectivity index (χ3v) is 5.42. The van der Waals surface area contributed by atoms with Gasteiger partial charge in [0.05, 0.1) is 11.4 Å². The smallest absolute Gasteiger partial charge is 0.265 e. The lowest BCUT2D eigenvalue weighted by atomic mass is 10.2. The fraction of sp³-hybridized carbons (Fsp3) is 0.167. The van der Waals surface area contributed by atoms with Crippen molar-refractivity contribution in [3.63, 3.8) is 0 Å². The third kappa shape index (κ3) is 3.83. The number of nitrogens with zero attached hydrogens (tertiary/aromatic N) is 1. The molecule has 0 spiro atoms. The van der Waals surface area contributed by atoms with Crippen molar-refractivity contribution in [3.05, 3.63) is 65.5 Å². The molecule has 0 bridgehead atoms. The van der Waals surface area contributed by atoms with E-state index < -0.39 is 10.0 Å². The average molecular weight is 356 g/mol. The number of anilines is 3. The Bertz CT molecular complexity index is 973. The van der Waals surface area contributed by atoms with Gasteiger partial charge in [-0.15, -0.1) is 0 Å². The molecule has 3 N–H and O–H groups in total. The normalized spacial score (nSPS) is 11.3. The van der Waals surface area contributed by atoms with Crippen molar-refractivity contribution in [2.45, 2.75) is 25.7 Å². The molecular weight excluding hydrogens is 336 g/mol. The van der Waals surface area contributed by atoms with Crippen LogP contribution in [-0.4, -0.2) is 18.6 Å². The third-order valence-electron chi connectivity index (χ3n) is 3.77. The molecule has 2 aromatic carbocycles. The van der Waals surface area contributed by atoms with Gasteiger partial charge < -0.3 is 5.32 Å². The Morgan fingerprint density at radius 2 is 1.60 bits per heavy atom. The molecule has 0 aliphatic carbocycles. The first-order chi connectivity index (χ1) is 11.8. The van der Waals surface area contributed by atoms with Crippen LogP contribution in [0.15, 0.2) is 53.4 Å². The summed E-state index contributed by atoms with van der Waals surface area (Å²) in [5.41, 5.74) is 4.49. The molecule has 0 aliphatic heterocycles. The number of rotatable bonds is 5. The Labute approximate surface area is 147 Å². The van der Waals surface area contributed by atoms with Gasteiger partial charge in [-0.3, -0.25) is 9.82 Å². The lowest BCUT2D eigenvalue weighted by Gasteiger charge is -2.10. The maximum absolute atomic E-state index is 12.5. The maximum Gasteiger partial charge on any atom is 0.265 e. The van der Waals surface area contributed by atoms with Crippen molar-refractivity contribution in [1.29, 1.82) is 0 Å². The molecule has 0 radical (unpaired) electrons. The first-order valence-corrected chi connectivity index (χ1v) is 9.31. The number of nitrogens with one attached hydrogen (secondary N) is 3. The molecule has 0 fully saturated rings. The van der Waals surface area contributed by atoms with Crippen molar-refractivity contribution >= 4 is 27.1 Å². The molecule has 0 amide bonds. The van der Waals surface area contributed by atoms with E-state index in [4.69, 9.17) is 0 Å². The largest absolute Gasteiger partial charge is 0.356 e. The topological polar surface area (TPSA) is 86.9 Å². The highest BCUT2D eigenvalue weighted by Gasteiger charge is 2.22. The first kappa shape index (κ1) is 17.0. The average Bonchev–Trinajstić information content (AvgIpc) is 2.89. The van der Waals surface area contributed by atoms with E-state index in [0.29, 0.717) is 17.1 Å². The van der Waals surface area contributed by atoms with Crippen LogP contribution < -0.4 is 10.0 Å². The van der Waals surface area contributed by atoms with Crippen molar-refractivity contribution in [1.82, 2.24) is 10.2 Å². The molecular formula is C18H20N4O2S. The van der Waals surface area contributed by atoms with E-state index in [1.165, 1.54) is 5.56 Å². The first-order valence-electron chi connectivity index (χ1n) is 7.83. The molecule has 1 aromatic heterocycles. The highest BCUT2D eigenvalue weighted by molar-refractivity contribution is 7.92. The summed E-state index contributed by atoms with van der Waals surface area (Å²) in [4.78, 5) is 0.189. The highest BCUT2D eigenvalue weighted by atomic mass is 32.2. The molecule has 3 rings (SSSR count). The van der Waals surface area contributed by atoms with Gasteiger partial charge in [-0.25, -0.2) is 8.42 Å². The summed E-state index contributed by atoms with van der Waals surface area (Å²) >= 11 is 0. The summed E-state index contributed by atoms with van der Waals surface area (Å²) in [6.07, 6.45) is 0. The lowest BCUT2D eigenvalue weighted by molar-refractivity contribution is 0.600. The van der Waals surface area contributed by atoms with E-state index in [1.54, 1.807) is 26.0 Å². The number of hydrogen-bond acceptors (Lipinski definition) is 4. The zero-order valence-electron chi connectivity index (χ0n) is 14.3. The zero-order chi connectivity index (χ0) is 18.0. The molecule has 3 aromatic rings. The Hall–Kier alpha value is -2.80. The summed E-state index contributed by atoms with van der Waals surface area (Å²) in [7, 11) is -3.67. The molecule has 0 aliphatic rings. The van der Waals surface area contributed by atoms with E-state index in [0.717, 1.165) is 11.4 Å². The standard InChI is InChI=1S/C18H20N4O2S/c1-12-5-4-6-17(11-12)19-15-7-9-16(10-8-15)22-25(23,24)18-13(2)20-21-14(18)3/h4-11,19,22H,1-3H3,(H,20,21). The second-order valence-corrected chi connectivity index (χ2v) is 7.56. The number of sulfonamides is 1. The van der Waals surface area contributed by atoms with E-state index in [-0.39, 0.29) is 4.90 Å². The Kier molecular flexibility index (Phi) is 4.50. The van der Waals surface area contributed by atoms with Crippen LogP contribution in [0.1, 0.15) is 17.0 Å². The van der Waals surface area contributed by atoms with E-state index in [2.05, 4.69) is 20.2 Å². The van der Waals surface area contributed by atoms with Gasteiger partial charge in [-0.2, -0.15) is 5.10 Å². The van der Waals surface area contributed by atoms with Gasteiger partial charge in [-0.1, -0.05) is 12.1 Å². The van der Waals surface area contributed by atoms with Crippen LogP contribution in [0.25, 0.3) is 0 Å². The molecule has 25 heavy (non-hydrogen) atoms. The van der Waals surface area contributed by atoms with Gasteiger partial charge in [0.15, 0.2) is 0 Å². The summed E-state index contributed by atoms with van der Waals surface area (Å²) in [5, 5.41) is 9.92. The Balaban J connectivity index is 1.77. The summed E-state index contributed by atoms with van der Waals surface area (Å²) in [6, 6.07) is 15.1. The molecule has 130 valence electrons. The second kappa shape index (κ2) is 6.60. The minimum atomic E-state index is -3.67. The Morgan fingerprint density at radius 1 is 0.920 bits per heavy atom. The SMILES string of the molecule is Cc1cccc(Nc2ccc(NS(=O)(=O)c3c(C)n[nH]c3C)cc2)c1. The van der Waals surface area contributed by atoms with Crippen molar-refractivity contribution in [3.8, 4) is 0 Å². The predicted molar refractivity (Wildman–Crippen MR) is 99.8 cm³/mol. The highest BCUT2D eigenvalue weighted by Crippen LogP contribution is 2.23. The van der Waals surface area contributed by atoms with Gasteiger partial charge in [0.25, 0.3) is 10.0 Å². The second-order valence-electron chi connectivity index (χ2n) is 5.94. The fourth-order valence-corrected chi connectivity index (χ4v) is 4.09. The number of aromatic nitrogens is 2. The van der Waals surface area contributed by atoms with Crippen LogP contribution in [0, 0.1) is 20.8 Å². The van der Waals surface area contributed by atoms with Gasteiger partial charge in [0.1, 0.15) is 4.90 Å². The van der Waals surface area contributed by atoms with Gasteiger partial charge in [-0.05, 0) is 62.7 Å². The number of benzene rings is 2. The molecule has 6 nitrogen and oxygen atoms in total. The molecule has 0 unspecified atom stereocenters. The van der Waals surface area contributed by atoms with Crippen LogP contribution in [0.3, 0.4) is 0 Å². The number of hydrogen-bond donors (Lipinski definition) is 3. The van der Waals surface area contributed by atoms with Crippen molar-refractivity contribution in [2.24, 2.45) is 0 Å². The van der Waals surface area contributed by atoms with Crippen LogP contribution in [0.5, 0.6) is 0 Å². The van der Waals surface area contributed by atoms with Crippen LogP contribution >= 0.6 is 0 Å². The minimum absolute atomic E-state index is 0.189. The molecule has 7 heteroatoms. The Morgan fingerprint density at radius 3 is 2.20 bits per heavy atom. The zero-order valence-corrected chi connectivity index (χ0v) is 15.1.